The van der Waals surface area contributed by atoms with Gasteiger partial charge >= 0.3 is 0 Å². The summed E-state index contributed by atoms with van der Waals surface area (Å²) in [6.07, 6.45) is 0. The SMILES string of the molecule is CCO.I.[Cu]. The smallest absolute Gasteiger partial charge is 0.0402 e. The third-order valence-electron chi connectivity index (χ3n) is 0. The maximum absolute atomic E-state index is 7.57. The second-order valence-electron chi connectivity index (χ2n) is 0.316. The summed E-state index contributed by atoms with van der Waals surface area (Å²) in [5.74, 6) is 0. The zero-order valence-electron chi connectivity index (χ0n) is 2.86. The van der Waals surface area contributed by atoms with Crippen molar-refractivity contribution in [2.24, 2.45) is 0 Å². The van der Waals surface area contributed by atoms with Crippen LogP contribution in [0.1, 0.15) is 6.92 Å². The van der Waals surface area contributed by atoms with E-state index in [9.17, 15) is 0 Å². The van der Waals surface area contributed by atoms with E-state index in [-0.39, 0.29) is 47.7 Å². The molecule has 0 fully saturated rings. The molecule has 0 aliphatic carbocycles. The van der Waals surface area contributed by atoms with Gasteiger partial charge in [0.2, 0.25) is 0 Å². The molecule has 1 N–H and O–H groups in total. The molecule has 0 amide bonds. The van der Waals surface area contributed by atoms with Crippen molar-refractivity contribution in [3.8, 4) is 0 Å². The second-order valence-corrected chi connectivity index (χ2v) is 0.316. The van der Waals surface area contributed by atoms with Crippen molar-refractivity contribution in [1.29, 1.82) is 0 Å². The molecule has 0 heterocycles. The van der Waals surface area contributed by atoms with Crippen LogP contribution in [0, 0.1) is 0 Å². The molecule has 1 nitrogen and oxygen atoms in total. The Morgan fingerprint density at radius 2 is 1.60 bits per heavy atom. The summed E-state index contributed by atoms with van der Waals surface area (Å²) in [5.41, 5.74) is 0. The van der Waals surface area contributed by atoms with Crippen molar-refractivity contribution in [3.05, 3.63) is 0 Å². The molecule has 0 aromatic carbocycles. The fourth-order valence-electron chi connectivity index (χ4n) is 0. The summed E-state index contributed by atoms with van der Waals surface area (Å²) in [4.78, 5) is 0. The van der Waals surface area contributed by atoms with Crippen molar-refractivity contribution in [2.45, 2.75) is 6.92 Å². The fourth-order valence-corrected chi connectivity index (χ4v) is 0. The van der Waals surface area contributed by atoms with Crippen molar-refractivity contribution in [2.75, 3.05) is 6.61 Å². The van der Waals surface area contributed by atoms with Crippen LogP contribution < -0.4 is 0 Å². The first kappa shape index (κ1) is 16.4. The minimum atomic E-state index is 0. The number of hydrogen-bond acceptors (Lipinski definition) is 1. The van der Waals surface area contributed by atoms with Gasteiger partial charge in [0.05, 0.1) is 0 Å². The van der Waals surface area contributed by atoms with E-state index in [1.807, 2.05) is 0 Å². The molecule has 0 atom stereocenters. The Labute approximate surface area is 59.6 Å². The van der Waals surface area contributed by atoms with Gasteiger partial charge in [0.25, 0.3) is 0 Å². The molecule has 39 valence electrons. The molecule has 0 aliphatic rings. The number of halogens is 1. The number of rotatable bonds is 0. The van der Waals surface area contributed by atoms with Crippen LogP contribution in [-0.4, -0.2) is 11.7 Å². The molecule has 0 bridgehead atoms. The quantitative estimate of drug-likeness (QED) is 0.484. The third kappa shape index (κ3) is 36.7. The summed E-state index contributed by atoms with van der Waals surface area (Å²) in [7, 11) is 0. The van der Waals surface area contributed by atoms with Crippen LogP contribution >= 0.6 is 24.0 Å². The van der Waals surface area contributed by atoms with Crippen LogP contribution in [0.5, 0.6) is 0 Å². The summed E-state index contributed by atoms with van der Waals surface area (Å²) < 4.78 is 0. The Morgan fingerprint density at radius 3 is 1.60 bits per heavy atom. The molecule has 3 heteroatoms. The molecule has 0 spiro atoms. The standard InChI is InChI=1S/C2H6O.Cu.HI/c1-2-3;;/h3H,2H2,1H3;;1H. The first-order valence-corrected chi connectivity index (χ1v) is 1.02. The predicted molar refractivity (Wildman–Crippen MR) is 28.2 cm³/mol. The fraction of sp³-hybridized carbons (Fsp3) is 1.00. The number of aliphatic hydroxyl groups is 1. The Kier molecular flexibility index (Phi) is 61.9. The summed E-state index contributed by atoms with van der Waals surface area (Å²) in [5, 5.41) is 7.57. The van der Waals surface area contributed by atoms with Gasteiger partial charge in [0.1, 0.15) is 0 Å². The normalized spacial score (nSPS) is 3.60. The van der Waals surface area contributed by atoms with E-state index in [1.165, 1.54) is 0 Å². The Morgan fingerprint density at radius 1 is 1.60 bits per heavy atom. The number of aliphatic hydroxyl groups excluding tert-OH is 1. The second kappa shape index (κ2) is 18.9. The van der Waals surface area contributed by atoms with Crippen LogP contribution in [-0.2, 0) is 17.1 Å². The van der Waals surface area contributed by atoms with Crippen LogP contribution in [0.25, 0.3) is 0 Å². The van der Waals surface area contributed by atoms with E-state index < -0.39 is 0 Å². The van der Waals surface area contributed by atoms with Crippen molar-refractivity contribution in [3.63, 3.8) is 0 Å². The van der Waals surface area contributed by atoms with Crippen molar-refractivity contribution < 1.29 is 22.2 Å². The van der Waals surface area contributed by atoms with E-state index in [1.54, 1.807) is 6.92 Å². The van der Waals surface area contributed by atoms with E-state index in [2.05, 4.69) is 0 Å². The van der Waals surface area contributed by atoms with Gasteiger partial charge in [-0.15, -0.1) is 24.0 Å². The zero-order valence-corrected chi connectivity index (χ0v) is 6.14. The van der Waals surface area contributed by atoms with Crippen LogP contribution in [0.3, 0.4) is 0 Å². The molecular formula is C2H7CuIO. The van der Waals surface area contributed by atoms with Gasteiger partial charge in [-0.25, -0.2) is 0 Å². The molecule has 0 saturated carbocycles. The molecule has 1 radical (unpaired) electrons. The van der Waals surface area contributed by atoms with Crippen LogP contribution in [0.2, 0.25) is 0 Å². The molecule has 0 saturated heterocycles. The molecular weight excluding hydrogens is 230 g/mol. The van der Waals surface area contributed by atoms with Crippen LogP contribution in [0.4, 0.5) is 0 Å². The molecule has 0 aliphatic heterocycles. The molecule has 0 aromatic rings. The summed E-state index contributed by atoms with van der Waals surface area (Å²) in [6, 6.07) is 0. The summed E-state index contributed by atoms with van der Waals surface area (Å²) in [6.45, 7) is 1.93. The molecule has 0 unspecified atom stereocenters. The van der Waals surface area contributed by atoms with Gasteiger partial charge in [-0.3, -0.25) is 0 Å². The van der Waals surface area contributed by atoms with Crippen molar-refractivity contribution >= 4 is 24.0 Å². The molecule has 0 rings (SSSR count). The largest absolute Gasteiger partial charge is 0.397 e. The van der Waals surface area contributed by atoms with Gasteiger partial charge in [-0.2, -0.15) is 0 Å². The Balaban J connectivity index is -0.0000000200. The van der Waals surface area contributed by atoms with E-state index >= 15 is 0 Å². The van der Waals surface area contributed by atoms with Gasteiger partial charge in [0, 0.05) is 23.7 Å². The maximum Gasteiger partial charge on any atom is 0.0402 e. The zero-order chi connectivity index (χ0) is 2.71. The topological polar surface area (TPSA) is 20.2 Å². The first-order chi connectivity index (χ1) is 1.41. The first-order valence-electron chi connectivity index (χ1n) is 1.02. The Hall–Kier alpha value is 1.21. The molecule has 0 aromatic heterocycles. The summed E-state index contributed by atoms with van der Waals surface area (Å²) >= 11 is 0. The third-order valence-corrected chi connectivity index (χ3v) is 0. The van der Waals surface area contributed by atoms with Gasteiger partial charge in [-0.1, -0.05) is 0 Å². The Bertz CT molecular complexity index is 9.61. The van der Waals surface area contributed by atoms with Crippen LogP contribution in [0.15, 0.2) is 0 Å². The van der Waals surface area contributed by atoms with E-state index in [0.29, 0.717) is 0 Å². The minimum Gasteiger partial charge on any atom is -0.397 e. The monoisotopic (exact) mass is 237 g/mol. The number of hydrogen-bond donors (Lipinski definition) is 1. The molecule has 5 heavy (non-hydrogen) atoms. The van der Waals surface area contributed by atoms with Gasteiger partial charge in [0.15, 0.2) is 0 Å². The maximum atomic E-state index is 7.57. The van der Waals surface area contributed by atoms with E-state index in [0.717, 1.165) is 0 Å². The average Bonchev–Trinajstić information content (AvgIpc) is 0.918. The predicted octanol–water partition coefficient (Wildman–Crippen LogP) is 0.614. The average molecular weight is 238 g/mol. The van der Waals surface area contributed by atoms with Crippen molar-refractivity contribution in [1.82, 2.24) is 0 Å². The van der Waals surface area contributed by atoms with Gasteiger partial charge < -0.3 is 5.11 Å². The minimum absolute atomic E-state index is 0. The van der Waals surface area contributed by atoms with E-state index in [4.69, 9.17) is 5.11 Å². The van der Waals surface area contributed by atoms with Gasteiger partial charge in [-0.05, 0) is 6.92 Å².